The average molecular weight is 241 g/mol. The molecule has 1 aromatic rings. The Morgan fingerprint density at radius 1 is 1.41 bits per heavy atom. The summed E-state index contributed by atoms with van der Waals surface area (Å²) >= 11 is 0. The molecule has 0 aliphatic rings. The second kappa shape index (κ2) is 5.80. The largest absolute Gasteiger partial charge is 0.478 e. The van der Waals surface area contributed by atoms with Crippen molar-refractivity contribution in [1.82, 2.24) is 5.32 Å². The standard InChI is InChI=1S/C10H12FN3O3/c11-8-5-6(1-2-7(8)9(15)16)14-10(17)13-4-3-12/h1-2,5H,3-4,12H2,(H,15,16)(H2,13,14,17). The molecule has 0 aliphatic carbocycles. The number of anilines is 1. The normalized spacial score (nSPS) is 9.76. The van der Waals surface area contributed by atoms with Crippen molar-refractivity contribution in [3.05, 3.63) is 29.6 Å². The Hall–Kier alpha value is -2.15. The second-order valence-corrected chi connectivity index (χ2v) is 3.17. The van der Waals surface area contributed by atoms with E-state index in [1.165, 1.54) is 6.07 Å². The van der Waals surface area contributed by atoms with Crippen molar-refractivity contribution in [2.45, 2.75) is 0 Å². The first-order chi connectivity index (χ1) is 8.04. The zero-order chi connectivity index (χ0) is 12.8. The third-order valence-electron chi connectivity index (χ3n) is 1.89. The van der Waals surface area contributed by atoms with E-state index in [9.17, 15) is 14.0 Å². The zero-order valence-corrected chi connectivity index (χ0v) is 8.87. The SMILES string of the molecule is NCCNC(=O)Nc1ccc(C(=O)O)c(F)c1. The molecule has 1 rings (SSSR count). The molecule has 0 radical (unpaired) electrons. The van der Waals surface area contributed by atoms with Crippen molar-refractivity contribution in [2.24, 2.45) is 5.73 Å². The number of aromatic carboxylic acids is 1. The smallest absolute Gasteiger partial charge is 0.338 e. The van der Waals surface area contributed by atoms with Gasteiger partial charge < -0.3 is 21.5 Å². The summed E-state index contributed by atoms with van der Waals surface area (Å²) in [5.41, 5.74) is 4.90. The maximum atomic E-state index is 13.2. The van der Waals surface area contributed by atoms with Crippen LogP contribution in [0.5, 0.6) is 0 Å². The first kappa shape index (κ1) is 12.9. The second-order valence-electron chi connectivity index (χ2n) is 3.17. The van der Waals surface area contributed by atoms with E-state index < -0.39 is 23.4 Å². The number of carbonyl (C=O) groups is 2. The minimum absolute atomic E-state index is 0.169. The number of carboxylic acid groups (broad SMARTS) is 1. The van der Waals surface area contributed by atoms with Gasteiger partial charge in [0.2, 0.25) is 0 Å². The summed E-state index contributed by atoms with van der Waals surface area (Å²) < 4.78 is 13.2. The number of amides is 2. The number of hydrogen-bond donors (Lipinski definition) is 4. The van der Waals surface area contributed by atoms with Gasteiger partial charge in [-0.3, -0.25) is 0 Å². The quantitative estimate of drug-likeness (QED) is 0.619. The van der Waals surface area contributed by atoms with E-state index in [2.05, 4.69) is 10.6 Å². The fraction of sp³-hybridized carbons (Fsp3) is 0.200. The van der Waals surface area contributed by atoms with Gasteiger partial charge in [0.25, 0.3) is 0 Å². The fourth-order valence-electron chi connectivity index (χ4n) is 1.13. The minimum Gasteiger partial charge on any atom is -0.478 e. The molecule has 7 heteroatoms. The number of halogens is 1. The van der Waals surface area contributed by atoms with Gasteiger partial charge >= 0.3 is 12.0 Å². The number of hydrogen-bond acceptors (Lipinski definition) is 3. The van der Waals surface area contributed by atoms with E-state index in [1.807, 2.05) is 0 Å². The predicted octanol–water partition coefficient (Wildman–Crippen LogP) is 0.604. The van der Waals surface area contributed by atoms with Crippen molar-refractivity contribution in [2.75, 3.05) is 18.4 Å². The maximum Gasteiger partial charge on any atom is 0.338 e. The molecular weight excluding hydrogens is 229 g/mol. The van der Waals surface area contributed by atoms with E-state index in [-0.39, 0.29) is 5.69 Å². The molecule has 0 aromatic heterocycles. The molecular formula is C10H12FN3O3. The molecule has 0 unspecified atom stereocenters. The molecule has 17 heavy (non-hydrogen) atoms. The minimum atomic E-state index is -1.36. The van der Waals surface area contributed by atoms with Gasteiger partial charge in [0, 0.05) is 18.8 Å². The summed E-state index contributed by atoms with van der Waals surface area (Å²) in [5.74, 6) is -2.27. The predicted molar refractivity (Wildman–Crippen MR) is 59.4 cm³/mol. The third kappa shape index (κ3) is 3.72. The lowest BCUT2D eigenvalue weighted by molar-refractivity contribution is 0.0692. The van der Waals surface area contributed by atoms with Gasteiger partial charge in [0.05, 0.1) is 5.56 Å². The van der Waals surface area contributed by atoms with Crippen LogP contribution in [0.15, 0.2) is 18.2 Å². The van der Waals surface area contributed by atoms with Crippen LogP contribution in [-0.4, -0.2) is 30.2 Å². The highest BCUT2D eigenvalue weighted by Crippen LogP contribution is 2.14. The molecule has 0 fully saturated rings. The van der Waals surface area contributed by atoms with Crippen molar-refractivity contribution < 1.29 is 19.1 Å². The van der Waals surface area contributed by atoms with Crippen molar-refractivity contribution in [3.8, 4) is 0 Å². The topological polar surface area (TPSA) is 104 Å². The Labute approximate surface area is 96.6 Å². The lowest BCUT2D eigenvalue weighted by atomic mass is 10.2. The van der Waals surface area contributed by atoms with Crippen LogP contribution >= 0.6 is 0 Å². The van der Waals surface area contributed by atoms with Crippen LogP contribution in [0.25, 0.3) is 0 Å². The Kier molecular flexibility index (Phi) is 4.41. The van der Waals surface area contributed by atoms with Crippen molar-refractivity contribution in [1.29, 1.82) is 0 Å². The molecule has 0 aliphatic heterocycles. The van der Waals surface area contributed by atoms with Crippen LogP contribution in [0, 0.1) is 5.82 Å². The maximum absolute atomic E-state index is 13.2. The molecule has 5 N–H and O–H groups in total. The first-order valence-corrected chi connectivity index (χ1v) is 4.82. The lowest BCUT2D eigenvalue weighted by Gasteiger charge is -2.07. The summed E-state index contributed by atoms with van der Waals surface area (Å²) in [6, 6.07) is 2.79. The van der Waals surface area contributed by atoms with E-state index in [1.54, 1.807) is 0 Å². The van der Waals surface area contributed by atoms with Crippen LogP contribution in [0.3, 0.4) is 0 Å². The van der Waals surface area contributed by atoms with Crippen molar-refractivity contribution in [3.63, 3.8) is 0 Å². The van der Waals surface area contributed by atoms with Crippen LogP contribution in [0.1, 0.15) is 10.4 Å². The Morgan fingerprint density at radius 2 is 2.12 bits per heavy atom. The number of nitrogens with one attached hydrogen (secondary N) is 2. The van der Waals surface area contributed by atoms with Crippen molar-refractivity contribution >= 4 is 17.7 Å². The van der Waals surface area contributed by atoms with Crippen LogP contribution in [-0.2, 0) is 0 Å². The molecule has 0 bridgehead atoms. The third-order valence-corrected chi connectivity index (χ3v) is 1.89. The molecule has 2 amide bonds. The van der Waals surface area contributed by atoms with Gasteiger partial charge in [0.15, 0.2) is 0 Å². The van der Waals surface area contributed by atoms with Gasteiger partial charge in [-0.1, -0.05) is 0 Å². The van der Waals surface area contributed by atoms with Crippen LogP contribution in [0.2, 0.25) is 0 Å². The molecule has 6 nitrogen and oxygen atoms in total. The summed E-state index contributed by atoms with van der Waals surface area (Å²) in [6.45, 7) is 0.585. The lowest BCUT2D eigenvalue weighted by Crippen LogP contribution is -2.32. The summed E-state index contributed by atoms with van der Waals surface area (Å²) in [6.07, 6.45) is 0. The van der Waals surface area contributed by atoms with E-state index in [0.29, 0.717) is 13.1 Å². The molecule has 0 saturated carbocycles. The monoisotopic (exact) mass is 241 g/mol. The number of benzene rings is 1. The van der Waals surface area contributed by atoms with Gasteiger partial charge in [-0.25, -0.2) is 14.0 Å². The molecule has 0 heterocycles. The zero-order valence-electron chi connectivity index (χ0n) is 8.87. The fourth-order valence-corrected chi connectivity index (χ4v) is 1.13. The molecule has 1 aromatic carbocycles. The average Bonchev–Trinajstić information content (AvgIpc) is 2.26. The Morgan fingerprint density at radius 3 is 2.65 bits per heavy atom. The first-order valence-electron chi connectivity index (χ1n) is 4.82. The number of carboxylic acids is 1. The Balaban J connectivity index is 2.70. The van der Waals surface area contributed by atoms with Gasteiger partial charge in [-0.15, -0.1) is 0 Å². The van der Waals surface area contributed by atoms with Crippen LogP contribution in [0.4, 0.5) is 14.9 Å². The summed E-state index contributed by atoms with van der Waals surface area (Å²) in [4.78, 5) is 21.7. The highest BCUT2D eigenvalue weighted by Gasteiger charge is 2.11. The van der Waals surface area contributed by atoms with E-state index in [4.69, 9.17) is 10.8 Å². The van der Waals surface area contributed by atoms with Gasteiger partial charge in [-0.05, 0) is 18.2 Å². The molecule has 0 saturated heterocycles. The van der Waals surface area contributed by atoms with E-state index >= 15 is 0 Å². The summed E-state index contributed by atoms with van der Waals surface area (Å²) in [7, 11) is 0. The highest BCUT2D eigenvalue weighted by molar-refractivity contribution is 5.91. The summed E-state index contributed by atoms with van der Waals surface area (Å²) in [5, 5.41) is 13.4. The Bertz CT molecular complexity index is 437. The highest BCUT2D eigenvalue weighted by atomic mass is 19.1. The number of nitrogens with two attached hydrogens (primary N) is 1. The van der Waals surface area contributed by atoms with Crippen LogP contribution < -0.4 is 16.4 Å². The molecule has 0 atom stereocenters. The van der Waals surface area contributed by atoms with E-state index in [0.717, 1.165) is 12.1 Å². The van der Waals surface area contributed by atoms with Gasteiger partial charge in [-0.2, -0.15) is 0 Å². The molecule has 0 spiro atoms. The van der Waals surface area contributed by atoms with Gasteiger partial charge in [0.1, 0.15) is 5.82 Å². The molecule has 92 valence electrons. The number of rotatable bonds is 4. The number of carbonyl (C=O) groups excluding carboxylic acids is 1. The number of urea groups is 1.